The van der Waals surface area contributed by atoms with Crippen molar-refractivity contribution in [2.45, 2.75) is 65.5 Å². The van der Waals surface area contributed by atoms with Crippen LogP contribution < -0.4 is 0 Å². The van der Waals surface area contributed by atoms with Crippen molar-refractivity contribution in [2.75, 3.05) is 13.1 Å². The average Bonchev–Trinajstić information content (AvgIpc) is 3.12. The van der Waals surface area contributed by atoms with Crippen LogP contribution in [0.5, 0.6) is 0 Å². The predicted molar refractivity (Wildman–Crippen MR) is 92.4 cm³/mol. The summed E-state index contributed by atoms with van der Waals surface area (Å²) in [4.78, 5) is 2.57. The van der Waals surface area contributed by atoms with E-state index in [-0.39, 0.29) is 0 Å². The minimum absolute atomic E-state index is 0.585. The van der Waals surface area contributed by atoms with Crippen LogP contribution >= 0.6 is 0 Å². The Bertz CT molecular complexity index is 627. The summed E-state index contributed by atoms with van der Waals surface area (Å²) in [5.74, 6) is 0.585. The van der Waals surface area contributed by atoms with Crippen molar-refractivity contribution in [1.82, 2.24) is 24.9 Å². The van der Waals surface area contributed by atoms with E-state index in [0.29, 0.717) is 5.92 Å². The van der Waals surface area contributed by atoms with E-state index in [0.717, 1.165) is 19.6 Å². The van der Waals surface area contributed by atoms with Gasteiger partial charge in [-0.25, -0.2) is 0 Å². The lowest BCUT2D eigenvalue weighted by Crippen LogP contribution is -2.34. The molecule has 1 atom stereocenters. The first kappa shape index (κ1) is 16.2. The molecular formula is C18H29N5. The number of unbranched alkanes of at least 4 members (excludes halogenated alkanes) is 1. The maximum absolute atomic E-state index is 4.67. The highest BCUT2D eigenvalue weighted by molar-refractivity contribution is 5.20. The van der Waals surface area contributed by atoms with Crippen LogP contribution in [0.1, 0.15) is 61.0 Å². The fourth-order valence-corrected chi connectivity index (χ4v) is 3.59. The number of likely N-dealkylation sites (tertiary alicyclic amines) is 1. The average molecular weight is 315 g/mol. The molecule has 0 spiro atoms. The summed E-state index contributed by atoms with van der Waals surface area (Å²) >= 11 is 0. The number of piperidine rings is 1. The molecule has 5 heteroatoms. The molecule has 0 amide bonds. The Morgan fingerprint density at radius 3 is 2.96 bits per heavy atom. The SMILES string of the molecule is CCCCn1cc(CN2CCC[C@H](c3[nH]ncc3C)C2)c(C)n1. The summed E-state index contributed by atoms with van der Waals surface area (Å²) in [5, 5.41) is 12.1. The van der Waals surface area contributed by atoms with E-state index in [1.165, 1.54) is 54.7 Å². The lowest BCUT2D eigenvalue weighted by molar-refractivity contribution is 0.198. The van der Waals surface area contributed by atoms with Crippen LogP contribution in [0.25, 0.3) is 0 Å². The van der Waals surface area contributed by atoms with Crippen molar-refractivity contribution in [1.29, 1.82) is 0 Å². The quantitative estimate of drug-likeness (QED) is 0.889. The van der Waals surface area contributed by atoms with Crippen molar-refractivity contribution in [3.8, 4) is 0 Å². The number of aromatic nitrogens is 4. The number of nitrogens with zero attached hydrogens (tertiary/aromatic N) is 4. The number of H-pyrrole nitrogens is 1. The number of hydrogen-bond donors (Lipinski definition) is 1. The largest absolute Gasteiger partial charge is 0.298 e. The standard InChI is InChI=1S/C18H29N5/c1-4-5-9-23-13-17(15(3)21-23)12-22-8-6-7-16(11-22)18-14(2)10-19-20-18/h10,13,16H,4-9,11-12H2,1-3H3,(H,19,20)/t16-/m0/s1. The first-order valence-electron chi connectivity index (χ1n) is 8.92. The Morgan fingerprint density at radius 1 is 1.35 bits per heavy atom. The monoisotopic (exact) mass is 315 g/mol. The molecule has 2 aromatic rings. The van der Waals surface area contributed by atoms with E-state index in [1.54, 1.807) is 0 Å². The topological polar surface area (TPSA) is 49.7 Å². The molecule has 2 aromatic heterocycles. The van der Waals surface area contributed by atoms with Crippen molar-refractivity contribution < 1.29 is 0 Å². The smallest absolute Gasteiger partial charge is 0.0638 e. The molecular weight excluding hydrogens is 286 g/mol. The first-order chi connectivity index (χ1) is 11.2. The summed E-state index contributed by atoms with van der Waals surface area (Å²) in [6.45, 7) is 10.9. The minimum Gasteiger partial charge on any atom is -0.298 e. The van der Waals surface area contributed by atoms with Crippen molar-refractivity contribution >= 4 is 0 Å². The van der Waals surface area contributed by atoms with E-state index in [4.69, 9.17) is 0 Å². The number of aromatic amines is 1. The molecule has 1 aliphatic heterocycles. The molecule has 0 saturated carbocycles. The van der Waals surface area contributed by atoms with Gasteiger partial charge in [0, 0.05) is 43.0 Å². The summed E-state index contributed by atoms with van der Waals surface area (Å²) in [6, 6.07) is 0. The van der Waals surface area contributed by atoms with Crippen LogP contribution in [0.2, 0.25) is 0 Å². The van der Waals surface area contributed by atoms with Gasteiger partial charge < -0.3 is 0 Å². The zero-order valence-corrected chi connectivity index (χ0v) is 14.7. The molecule has 0 aromatic carbocycles. The fourth-order valence-electron chi connectivity index (χ4n) is 3.59. The maximum atomic E-state index is 4.67. The van der Waals surface area contributed by atoms with Crippen LogP contribution in [0.3, 0.4) is 0 Å². The minimum atomic E-state index is 0.585. The van der Waals surface area contributed by atoms with Crippen LogP contribution in [0.15, 0.2) is 12.4 Å². The Kier molecular flexibility index (Phi) is 5.16. The van der Waals surface area contributed by atoms with E-state index in [2.05, 4.69) is 51.8 Å². The fraction of sp³-hybridized carbons (Fsp3) is 0.667. The predicted octanol–water partition coefficient (Wildman–Crippen LogP) is 3.40. The van der Waals surface area contributed by atoms with Gasteiger partial charge in [0.15, 0.2) is 0 Å². The zero-order chi connectivity index (χ0) is 16.2. The third-order valence-corrected chi connectivity index (χ3v) is 4.96. The van der Waals surface area contributed by atoms with Gasteiger partial charge in [-0.15, -0.1) is 0 Å². The highest BCUT2D eigenvalue weighted by Gasteiger charge is 2.24. The van der Waals surface area contributed by atoms with Gasteiger partial charge in [-0.3, -0.25) is 14.7 Å². The number of hydrogen-bond acceptors (Lipinski definition) is 3. The second kappa shape index (κ2) is 7.30. The van der Waals surface area contributed by atoms with E-state index < -0.39 is 0 Å². The molecule has 126 valence electrons. The number of rotatable bonds is 6. The van der Waals surface area contributed by atoms with Crippen LogP contribution in [0.4, 0.5) is 0 Å². The molecule has 3 heterocycles. The second-order valence-corrected chi connectivity index (χ2v) is 6.90. The van der Waals surface area contributed by atoms with Gasteiger partial charge in [0.1, 0.15) is 0 Å². The lowest BCUT2D eigenvalue weighted by Gasteiger charge is -2.32. The molecule has 0 unspecified atom stereocenters. The van der Waals surface area contributed by atoms with Gasteiger partial charge in [-0.1, -0.05) is 13.3 Å². The summed E-state index contributed by atoms with van der Waals surface area (Å²) in [5.41, 5.74) is 5.18. The Hall–Kier alpha value is -1.62. The second-order valence-electron chi connectivity index (χ2n) is 6.90. The summed E-state index contributed by atoms with van der Waals surface area (Å²) in [6.07, 6.45) is 9.11. The third kappa shape index (κ3) is 3.83. The molecule has 3 rings (SSSR count). The Balaban J connectivity index is 1.63. The van der Waals surface area contributed by atoms with Crippen LogP contribution in [0, 0.1) is 13.8 Å². The van der Waals surface area contributed by atoms with E-state index in [1.807, 2.05) is 6.20 Å². The van der Waals surface area contributed by atoms with Crippen LogP contribution in [-0.2, 0) is 13.1 Å². The van der Waals surface area contributed by atoms with E-state index in [9.17, 15) is 0 Å². The van der Waals surface area contributed by atoms with Gasteiger partial charge in [0.25, 0.3) is 0 Å². The number of nitrogens with one attached hydrogen (secondary N) is 1. The van der Waals surface area contributed by atoms with Crippen LogP contribution in [-0.4, -0.2) is 38.0 Å². The molecule has 0 radical (unpaired) electrons. The molecule has 0 aliphatic carbocycles. The first-order valence-corrected chi connectivity index (χ1v) is 8.92. The summed E-state index contributed by atoms with van der Waals surface area (Å²) in [7, 11) is 0. The van der Waals surface area contributed by atoms with Gasteiger partial charge >= 0.3 is 0 Å². The Labute approximate surface area is 139 Å². The lowest BCUT2D eigenvalue weighted by atomic mass is 9.92. The third-order valence-electron chi connectivity index (χ3n) is 4.96. The molecule has 23 heavy (non-hydrogen) atoms. The molecule has 1 N–H and O–H groups in total. The summed E-state index contributed by atoms with van der Waals surface area (Å²) < 4.78 is 2.12. The van der Waals surface area contributed by atoms with Gasteiger partial charge in [0.2, 0.25) is 0 Å². The van der Waals surface area contributed by atoms with Crippen molar-refractivity contribution in [2.24, 2.45) is 0 Å². The van der Waals surface area contributed by atoms with Gasteiger partial charge in [-0.05, 0) is 45.2 Å². The molecule has 5 nitrogen and oxygen atoms in total. The van der Waals surface area contributed by atoms with E-state index >= 15 is 0 Å². The molecule has 0 bridgehead atoms. The maximum Gasteiger partial charge on any atom is 0.0638 e. The molecule has 1 saturated heterocycles. The van der Waals surface area contributed by atoms with Gasteiger partial charge in [0.05, 0.1) is 11.9 Å². The highest BCUT2D eigenvalue weighted by Crippen LogP contribution is 2.28. The molecule has 1 fully saturated rings. The van der Waals surface area contributed by atoms with Gasteiger partial charge in [-0.2, -0.15) is 10.2 Å². The normalized spacial score (nSPS) is 19.3. The number of aryl methyl sites for hydroxylation is 3. The highest BCUT2D eigenvalue weighted by atomic mass is 15.3. The van der Waals surface area contributed by atoms with Crippen molar-refractivity contribution in [3.05, 3.63) is 34.9 Å². The Morgan fingerprint density at radius 2 is 2.22 bits per heavy atom. The van der Waals surface area contributed by atoms with Crippen molar-refractivity contribution in [3.63, 3.8) is 0 Å². The zero-order valence-electron chi connectivity index (χ0n) is 14.7. The molecule has 1 aliphatic rings.